The number of phenols is 1. The number of aromatic carboxylic acids is 2. The van der Waals surface area contributed by atoms with E-state index in [1.165, 1.54) is 12.1 Å². The van der Waals surface area contributed by atoms with Crippen LogP contribution in [-0.2, 0) is 10.0 Å². The number of carboxylic acids is 2. The molecule has 0 saturated heterocycles. The highest BCUT2D eigenvalue weighted by molar-refractivity contribution is 9.10. The molecule has 0 unspecified atom stereocenters. The summed E-state index contributed by atoms with van der Waals surface area (Å²) in [5, 5.41) is 27.4. The van der Waals surface area contributed by atoms with Crippen LogP contribution in [0.25, 0.3) is 0 Å². The normalized spacial score (nSPS) is 11.0. The van der Waals surface area contributed by atoms with Crippen molar-refractivity contribution in [2.24, 2.45) is 0 Å². The van der Waals surface area contributed by atoms with Gasteiger partial charge in [0.15, 0.2) is 0 Å². The van der Waals surface area contributed by atoms with Gasteiger partial charge in [0.25, 0.3) is 10.0 Å². The molecular weight excluding hydrogens is 406 g/mol. The van der Waals surface area contributed by atoms with E-state index in [4.69, 9.17) is 10.2 Å². The number of rotatable bonds is 5. The molecule has 126 valence electrons. The zero-order valence-corrected chi connectivity index (χ0v) is 14.1. The van der Waals surface area contributed by atoms with Crippen molar-refractivity contribution in [2.75, 3.05) is 4.72 Å². The van der Waals surface area contributed by atoms with Crippen LogP contribution in [0.4, 0.5) is 5.69 Å². The van der Waals surface area contributed by atoms with E-state index in [1.54, 1.807) is 0 Å². The van der Waals surface area contributed by atoms with Crippen LogP contribution in [0.1, 0.15) is 20.7 Å². The average Bonchev–Trinajstić information content (AvgIpc) is 2.46. The Morgan fingerprint density at radius 1 is 0.958 bits per heavy atom. The van der Waals surface area contributed by atoms with Crippen molar-refractivity contribution in [2.45, 2.75) is 4.90 Å². The molecule has 0 fully saturated rings. The number of nitrogens with one attached hydrogen (secondary N) is 1. The first-order valence-corrected chi connectivity index (χ1v) is 8.51. The van der Waals surface area contributed by atoms with Gasteiger partial charge < -0.3 is 15.3 Å². The SMILES string of the molecule is O=C(O)c1ccc(NS(=O)(=O)c2ccc(Br)c(C(=O)O)c2)cc1O. The van der Waals surface area contributed by atoms with Gasteiger partial charge in [-0.25, -0.2) is 18.0 Å². The van der Waals surface area contributed by atoms with Crippen molar-refractivity contribution in [3.8, 4) is 5.75 Å². The summed E-state index contributed by atoms with van der Waals surface area (Å²) in [6, 6.07) is 6.60. The minimum Gasteiger partial charge on any atom is -0.507 e. The van der Waals surface area contributed by atoms with Crippen LogP contribution >= 0.6 is 15.9 Å². The van der Waals surface area contributed by atoms with Gasteiger partial charge in [0.05, 0.1) is 16.1 Å². The van der Waals surface area contributed by atoms with Crippen LogP contribution < -0.4 is 4.72 Å². The Morgan fingerprint density at radius 3 is 2.12 bits per heavy atom. The number of aromatic hydroxyl groups is 1. The largest absolute Gasteiger partial charge is 0.507 e. The van der Waals surface area contributed by atoms with E-state index in [1.807, 2.05) is 0 Å². The minimum atomic E-state index is -4.13. The first-order valence-electron chi connectivity index (χ1n) is 6.24. The lowest BCUT2D eigenvalue weighted by Gasteiger charge is -2.10. The van der Waals surface area contributed by atoms with E-state index in [0.717, 1.165) is 24.3 Å². The minimum absolute atomic E-state index is 0.0720. The van der Waals surface area contributed by atoms with Gasteiger partial charge in [0.2, 0.25) is 0 Å². The van der Waals surface area contributed by atoms with Crippen LogP contribution in [0.2, 0.25) is 0 Å². The van der Waals surface area contributed by atoms with Crippen LogP contribution in [0, 0.1) is 0 Å². The Balaban J connectivity index is 2.39. The molecule has 0 spiro atoms. The molecule has 0 radical (unpaired) electrons. The van der Waals surface area contributed by atoms with Crippen molar-refractivity contribution in [1.29, 1.82) is 0 Å². The van der Waals surface area contributed by atoms with E-state index < -0.39 is 27.7 Å². The van der Waals surface area contributed by atoms with Gasteiger partial charge >= 0.3 is 11.9 Å². The highest BCUT2D eigenvalue weighted by atomic mass is 79.9. The molecule has 8 nitrogen and oxygen atoms in total. The molecule has 2 aromatic carbocycles. The number of halogens is 1. The fraction of sp³-hybridized carbons (Fsp3) is 0. The molecule has 2 aromatic rings. The summed E-state index contributed by atoms with van der Waals surface area (Å²) in [7, 11) is -4.13. The topological polar surface area (TPSA) is 141 Å². The van der Waals surface area contributed by atoms with E-state index in [0.29, 0.717) is 0 Å². The zero-order chi connectivity index (χ0) is 18.1. The Morgan fingerprint density at radius 2 is 1.58 bits per heavy atom. The molecule has 0 amide bonds. The summed E-state index contributed by atoms with van der Waals surface area (Å²) in [4.78, 5) is 21.6. The molecule has 0 aromatic heterocycles. The monoisotopic (exact) mass is 415 g/mol. The fourth-order valence-electron chi connectivity index (χ4n) is 1.83. The second-order valence-electron chi connectivity index (χ2n) is 4.59. The lowest BCUT2D eigenvalue weighted by molar-refractivity contribution is 0.0683. The van der Waals surface area contributed by atoms with E-state index in [-0.39, 0.29) is 26.2 Å². The molecule has 0 saturated carbocycles. The molecule has 0 aliphatic heterocycles. The quantitative estimate of drug-likeness (QED) is 0.586. The maximum atomic E-state index is 12.3. The number of anilines is 1. The molecule has 10 heteroatoms. The molecule has 0 aliphatic rings. The highest BCUT2D eigenvalue weighted by Gasteiger charge is 2.19. The first-order chi connectivity index (χ1) is 11.1. The average molecular weight is 416 g/mol. The third kappa shape index (κ3) is 3.66. The van der Waals surface area contributed by atoms with Crippen LogP contribution in [0.15, 0.2) is 45.8 Å². The lowest BCUT2D eigenvalue weighted by atomic mass is 10.2. The fourth-order valence-corrected chi connectivity index (χ4v) is 3.32. The van der Waals surface area contributed by atoms with Crippen molar-refractivity contribution in [3.05, 3.63) is 52.0 Å². The summed E-state index contributed by atoms with van der Waals surface area (Å²) < 4.78 is 27.0. The molecule has 0 aliphatic carbocycles. The number of hydrogen-bond acceptors (Lipinski definition) is 5. The predicted octanol–water partition coefficient (Wildman–Crippen LogP) is 2.35. The molecule has 0 bridgehead atoms. The highest BCUT2D eigenvalue weighted by Crippen LogP contribution is 2.26. The second-order valence-corrected chi connectivity index (χ2v) is 7.13. The predicted molar refractivity (Wildman–Crippen MR) is 87.0 cm³/mol. The smallest absolute Gasteiger partial charge is 0.339 e. The number of carbonyl (C=O) groups is 2. The van der Waals surface area contributed by atoms with Gasteiger partial charge in [0, 0.05) is 10.5 Å². The molecular formula is C14H10BrNO7S. The summed E-state index contributed by atoms with van der Waals surface area (Å²) in [6.45, 7) is 0. The van der Waals surface area contributed by atoms with E-state index >= 15 is 0 Å². The van der Waals surface area contributed by atoms with Crippen molar-refractivity contribution >= 4 is 43.6 Å². The van der Waals surface area contributed by atoms with Crippen molar-refractivity contribution in [3.63, 3.8) is 0 Å². The van der Waals surface area contributed by atoms with Crippen LogP contribution in [0.5, 0.6) is 5.75 Å². The standard InChI is InChI=1S/C14H10BrNO7S/c15-11-4-2-8(6-10(11)14(20)21)24(22,23)16-7-1-3-9(13(18)19)12(17)5-7/h1-6,16-17H,(H,18,19)(H,20,21). The van der Waals surface area contributed by atoms with Crippen molar-refractivity contribution < 1.29 is 33.3 Å². The molecule has 0 heterocycles. The van der Waals surface area contributed by atoms with Crippen LogP contribution in [-0.4, -0.2) is 35.7 Å². The zero-order valence-electron chi connectivity index (χ0n) is 11.7. The molecule has 0 atom stereocenters. The Labute approximate surface area is 144 Å². The van der Waals surface area contributed by atoms with Gasteiger partial charge in [-0.3, -0.25) is 4.72 Å². The summed E-state index contributed by atoms with van der Waals surface area (Å²) >= 11 is 3.01. The number of hydrogen-bond donors (Lipinski definition) is 4. The molecule has 2 rings (SSSR count). The number of sulfonamides is 1. The van der Waals surface area contributed by atoms with E-state index in [2.05, 4.69) is 20.7 Å². The molecule has 24 heavy (non-hydrogen) atoms. The Kier molecular flexibility index (Phi) is 4.81. The summed E-state index contributed by atoms with van der Waals surface area (Å²) in [6.07, 6.45) is 0. The summed E-state index contributed by atoms with van der Waals surface area (Å²) in [5.74, 6) is -3.27. The van der Waals surface area contributed by atoms with E-state index in [9.17, 15) is 23.1 Å². The number of benzene rings is 2. The van der Waals surface area contributed by atoms with Gasteiger partial charge in [0.1, 0.15) is 11.3 Å². The van der Waals surface area contributed by atoms with Gasteiger partial charge in [-0.15, -0.1) is 0 Å². The van der Waals surface area contributed by atoms with Gasteiger partial charge in [-0.2, -0.15) is 0 Å². The maximum Gasteiger partial charge on any atom is 0.339 e. The Hall–Kier alpha value is -2.59. The lowest BCUT2D eigenvalue weighted by Crippen LogP contribution is -2.14. The third-order valence-corrected chi connectivity index (χ3v) is 5.03. The second kappa shape index (κ2) is 6.49. The summed E-state index contributed by atoms with van der Waals surface area (Å²) in [5.41, 5.74) is -0.686. The van der Waals surface area contributed by atoms with Crippen LogP contribution in [0.3, 0.4) is 0 Å². The van der Waals surface area contributed by atoms with Crippen molar-refractivity contribution in [1.82, 2.24) is 0 Å². The first kappa shape index (κ1) is 17.8. The third-order valence-electron chi connectivity index (χ3n) is 2.96. The maximum absolute atomic E-state index is 12.3. The Bertz CT molecular complexity index is 940. The number of carboxylic acid groups (broad SMARTS) is 2. The van der Waals surface area contributed by atoms with Gasteiger partial charge in [-0.1, -0.05) is 0 Å². The molecule has 4 N–H and O–H groups in total. The van der Waals surface area contributed by atoms with Gasteiger partial charge in [-0.05, 0) is 46.3 Å².